The Bertz CT molecular complexity index is 453. The molecule has 0 bridgehead atoms. The van der Waals surface area contributed by atoms with Crippen LogP contribution in [0.5, 0.6) is 0 Å². The van der Waals surface area contributed by atoms with Gasteiger partial charge in [-0.15, -0.1) is 0 Å². The van der Waals surface area contributed by atoms with E-state index in [4.69, 9.17) is 11.6 Å². The van der Waals surface area contributed by atoms with Crippen molar-refractivity contribution in [2.24, 2.45) is 0 Å². The monoisotopic (exact) mass is 233 g/mol. The average molecular weight is 234 g/mol. The van der Waals surface area contributed by atoms with Gasteiger partial charge >= 0.3 is 17.1 Å². The van der Waals surface area contributed by atoms with Gasteiger partial charge in [0.2, 0.25) is 0 Å². The van der Waals surface area contributed by atoms with Gasteiger partial charge in [0.1, 0.15) is 5.50 Å². The van der Waals surface area contributed by atoms with Crippen molar-refractivity contribution in [1.29, 1.82) is 0 Å². The third-order valence-corrected chi connectivity index (χ3v) is 2.37. The quantitative estimate of drug-likeness (QED) is 0.726. The number of nitrogens with zero attached hydrogens (tertiary/aromatic N) is 1. The molecule has 0 spiro atoms. The smallest absolute Gasteiger partial charge is 0.259 e. The lowest BCUT2D eigenvalue weighted by Gasteiger charge is -2.09. The highest BCUT2D eigenvalue weighted by Gasteiger charge is 2.12. The predicted octanol–water partition coefficient (Wildman–Crippen LogP) is 0.152. The van der Waals surface area contributed by atoms with Crippen molar-refractivity contribution in [1.82, 2.24) is 14.5 Å². The molecule has 84 valence electrons. The summed E-state index contributed by atoms with van der Waals surface area (Å²) in [5.41, 5.74) is -3.10. The number of hydrogen-bond donors (Lipinski definition) is 2. The van der Waals surface area contributed by atoms with Gasteiger partial charge in [-0.05, 0) is 6.42 Å². The number of H-pyrrole nitrogens is 2. The van der Waals surface area contributed by atoms with Crippen molar-refractivity contribution in [2.75, 3.05) is 0 Å². The topological polar surface area (TPSA) is 87.7 Å². The molecule has 7 heteroatoms. The molecule has 15 heavy (non-hydrogen) atoms. The van der Waals surface area contributed by atoms with Crippen molar-refractivity contribution in [3.05, 3.63) is 31.5 Å². The average Bonchev–Trinajstić information content (AvgIpc) is 2.12. The van der Waals surface area contributed by atoms with Crippen LogP contribution in [0.1, 0.15) is 31.7 Å². The Morgan fingerprint density at radius 2 is 1.80 bits per heavy atom. The highest BCUT2D eigenvalue weighted by molar-refractivity contribution is 6.18. The fraction of sp³-hybridized carbons (Fsp3) is 0.625. The summed E-state index contributed by atoms with van der Waals surface area (Å²) in [6, 6.07) is 0. The molecule has 0 radical (unpaired) electrons. The molecule has 1 aromatic rings. The second kappa shape index (κ2) is 4.97. The minimum Gasteiger partial charge on any atom is -0.259 e. The Kier molecular flexibility index (Phi) is 3.90. The molecule has 1 rings (SSSR count). The van der Waals surface area contributed by atoms with Crippen LogP contribution in [0.3, 0.4) is 0 Å². The molecule has 1 aromatic heterocycles. The molecule has 2 N–H and O–H groups in total. The number of aromatic amines is 2. The molecule has 0 amide bonds. The molecule has 0 aliphatic carbocycles. The molecule has 0 saturated heterocycles. The SMILES string of the molecule is CCCCC(Cl)n1c(=O)[nH]c(=O)[nH]c1=O. The van der Waals surface area contributed by atoms with E-state index in [1.807, 2.05) is 16.9 Å². The highest BCUT2D eigenvalue weighted by Crippen LogP contribution is 2.14. The maximum Gasteiger partial charge on any atom is 0.334 e. The van der Waals surface area contributed by atoms with Crippen LogP contribution in [-0.4, -0.2) is 14.5 Å². The normalized spacial score (nSPS) is 12.7. The summed E-state index contributed by atoms with van der Waals surface area (Å²) >= 11 is 5.87. The zero-order chi connectivity index (χ0) is 11.4. The van der Waals surface area contributed by atoms with Gasteiger partial charge in [0, 0.05) is 0 Å². The zero-order valence-corrected chi connectivity index (χ0v) is 9.00. The van der Waals surface area contributed by atoms with Crippen LogP contribution < -0.4 is 17.1 Å². The second-order valence-corrected chi connectivity index (χ2v) is 3.64. The van der Waals surface area contributed by atoms with Gasteiger partial charge in [-0.25, -0.2) is 19.0 Å². The molecule has 0 saturated carbocycles. The summed E-state index contributed by atoms with van der Waals surface area (Å²) in [5, 5.41) is 0. The summed E-state index contributed by atoms with van der Waals surface area (Å²) < 4.78 is 0.804. The molecule has 6 nitrogen and oxygen atoms in total. The summed E-state index contributed by atoms with van der Waals surface area (Å²) in [6.45, 7) is 1.98. The number of rotatable bonds is 4. The van der Waals surface area contributed by atoms with Crippen molar-refractivity contribution in [2.45, 2.75) is 31.7 Å². The summed E-state index contributed by atoms with van der Waals surface area (Å²) in [5.74, 6) is 0. The van der Waals surface area contributed by atoms with E-state index < -0.39 is 22.6 Å². The van der Waals surface area contributed by atoms with Crippen LogP contribution >= 0.6 is 11.6 Å². The van der Waals surface area contributed by atoms with Gasteiger partial charge in [-0.2, -0.15) is 0 Å². The Morgan fingerprint density at radius 3 is 2.27 bits per heavy atom. The van der Waals surface area contributed by atoms with E-state index in [1.165, 1.54) is 0 Å². The maximum atomic E-state index is 11.3. The second-order valence-electron chi connectivity index (χ2n) is 3.14. The van der Waals surface area contributed by atoms with E-state index in [0.29, 0.717) is 6.42 Å². The van der Waals surface area contributed by atoms with Gasteiger partial charge in [-0.3, -0.25) is 9.97 Å². The first-order valence-electron chi connectivity index (χ1n) is 4.65. The minimum atomic E-state index is -0.819. The van der Waals surface area contributed by atoms with Gasteiger partial charge in [0.05, 0.1) is 0 Å². The Hall–Kier alpha value is -1.30. The minimum absolute atomic E-state index is 0.507. The number of unbranched alkanes of at least 4 members (excludes halogenated alkanes) is 1. The molecule has 0 aliphatic heterocycles. The summed E-state index contributed by atoms with van der Waals surface area (Å²) in [4.78, 5) is 37.2. The van der Waals surface area contributed by atoms with Crippen LogP contribution in [0.2, 0.25) is 0 Å². The van der Waals surface area contributed by atoms with Crippen molar-refractivity contribution < 1.29 is 0 Å². The van der Waals surface area contributed by atoms with Gasteiger partial charge < -0.3 is 0 Å². The van der Waals surface area contributed by atoms with Crippen LogP contribution in [0, 0.1) is 0 Å². The van der Waals surface area contributed by atoms with Gasteiger partial charge in [0.15, 0.2) is 0 Å². The number of halogens is 1. The van der Waals surface area contributed by atoms with E-state index in [1.54, 1.807) is 0 Å². The van der Waals surface area contributed by atoms with Crippen LogP contribution in [0.4, 0.5) is 0 Å². The first-order valence-corrected chi connectivity index (χ1v) is 5.09. The van der Waals surface area contributed by atoms with Crippen LogP contribution in [-0.2, 0) is 0 Å². The lowest BCUT2D eigenvalue weighted by Crippen LogP contribution is -2.44. The van der Waals surface area contributed by atoms with E-state index in [2.05, 4.69) is 0 Å². The number of hydrogen-bond acceptors (Lipinski definition) is 3. The van der Waals surface area contributed by atoms with Crippen molar-refractivity contribution in [3.8, 4) is 0 Å². The van der Waals surface area contributed by atoms with Crippen molar-refractivity contribution >= 4 is 11.6 Å². The Labute approximate surface area is 89.9 Å². The Balaban J connectivity index is 3.09. The maximum absolute atomic E-state index is 11.3. The lowest BCUT2D eigenvalue weighted by molar-refractivity contribution is 0.523. The van der Waals surface area contributed by atoms with Gasteiger partial charge in [-0.1, -0.05) is 31.4 Å². The largest absolute Gasteiger partial charge is 0.334 e. The third-order valence-electron chi connectivity index (χ3n) is 1.95. The molecule has 1 atom stereocenters. The summed E-state index contributed by atoms with van der Waals surface area (Å²) in [7, 11) is 0. The molecular weight excluding hydrogens is 222 g/mol. The fourth-order valence-electron chi connectivity index (χ4n) is 1.19. The van der Waals surface area contributed by atoms with Crippen molar-refractivity contribution in [3.63, 3.8) is 0 Å². The van der Waals surface area contributed by atoms with E-state index in [9.17, 15) is 14.4 Å². The van der Waals surface area contributed by atoms with Crippen LogP contribution in [0.15, 0.2) is 14.4 Å². The first-order chi connectivity index (χ1) is 7.06. The first kappa shape index (κ1) is 11.8. The van der Waals surface area contributed by atoms with Gasteiger partial charge in [0.25, 0.3) is 0 Å². The van der Waals surface area contributed by atoms with E-state index in [0.717, 1.165) is 17.4 Å². The zero-order valence-electron chi connectivity index (χ0n) is 8.25. The standard InChI is InChI=1S/C8H12ClN3O3/c1-2-3-4-5(9)12-7(14)10-6(13)11-8(12)15/h5H,2-4H2,1H3,(H2,10,11,13,14,15). The molecule has 0 aliphatic rings. The fourth-order valence-corrected chi connectivity index (χ4v) is 1.53. The molecule has 1 unspecified atom stereocenters. The number of nitrogens with one attached hydrogen (secondary N) is 2. The Morgan fingerprint density at radius 1 is 1.27 bits per heavy atom. The summed E-state index contributed by atoms with van der Waals surface area (Å²) in [6.07, 6.45) is 2.23. The number of aromatic nitrogens is 3. The highest BCUT2D eigenvalue weighted by atomic mass is 35.5. The van der Waals surface area contributed by atoms with E-state index >= 15 is 0 Å². The molecule has 1 heterocycles. The molecular formula is C8H12ClN3O3. The molecule has 0 aromatic carbocycles. The molecule has 0 fully saturated rings. The predicted molar refractivity (Wildman–Crippen MR) is 56.4 cm³/mol. The lowest BCUT2D eigenvalue weighted by atomic mass is 10.2. The van der Waals surface area contributed by atoms with E-state index in [-0.39, 0.29) is 0 Å². The third kappa shape index (κ3) is 2.82. The van der Waals surface area contributed by atoms with Crippen LogP contribution in [0.25, 0.3) is 0 Å². The number of alkyl halides is 1.